The van der Waals surface area contributed by atoms with Crippen LogP contribution in [0.2, 0.25) is 0 Å². The van der Waals surface area contributed by atoms with Crippen molar-refractivity contribution in [1.82, 2.24) is 9.78 Å². The molecular weight excluding hydrogens is 384 g/mol. The number of benzene rings is 1. The number of rotatable bonds is 4. The Balaban J connectivity index is 2.46. The highest BCUT2D eigenvalue weighted by atomic mass is 79.9. The Morgan fingerprint density at radius 1 is 1.25 bits per heavy atom. The van der Waals surface area contributed by atoms with E-state index >= 15 is 0 Å². The molecule has 2 rings (SSSR count). The number of aromatic nitrogens is 2. The molecule has 1 aromatic heterocycles. The van der Waals surface area contributed by atoms with Crippen LogP contribution < -0.4 is 0 Å². The van der Waals surface area contributed by atoms with Crippen LogP contribution in [0.4, 0.5) is 0 Å². The molecule has 2 aromatic rings. The predicted molar refractivity (Wildman–Crippen MR) is 87.9 cm³/mol. The largest absolute Gasteiger partial charge is 0.382 e. The van der Waals surface area contributed by atoms with Gasteiger partial charge < -0.3 is 5.11 Å². The minimum absolute atomic E-state index is 0.677. The van der Waals surface area contributed by atoms with E-state index in [2.05, 4.69) is 43.9 Å². The molecule has 0 aliphatic rings. The van der Waals surface area contributed by atoms with E-state index in [1.807, 2.05) is 30.7 Å². The van der Waals surface area contributed by atoms with Gasteiger partial charge in [-0.25, -0.2) is 0 Å². The third-order valence-corrected chi connectivity index (χ3v) is 5.16. The Hall–Kier alpha value is -0.650. The molecule has 20 heavy (non-hydrogen) atoms. The summed E-state index contributed by atoms with van der Waals surface area (Å²) in [4.78, 5) is 0. The average molecular weight is 402 g/mol. The summed E-state index contributed by atoms with van der Waals surface area (Å²) >= 11 is 7.04. The van der Waals surface area contributed by atoms with Crippen molar-refractivity contribution in [1.29, 1.82) is 0 Å². The summed E-state index contributed by atoms with van der Waals surface area (Å²) in [6.45, 7) is 6.96. The smallest absolute Gasteiger partial charge is 0.122 e. The number of hydrogen-bond donors (Lipinski definition) is 1. The second kappa shape index (κ2) is 6.41. The Labute approximate surface area is 136 Å². The minimum atomic E-state index is -0.677. The van der Waals surface area contributed by atoms with Crippen LogP contribution in [0.1, 0.15) is 41.8 Å². The second-order valence-electron chi connectivity index (χ2n) is 4.97. The lowest BCUT2D eigenvalue weighted by atomic mass is 10.0. The van der Waals surface area contributed by atoms with E-state index in [9.17, 15) is 5.11 Å². The van der Waals surface area contributed by atoms with Crippen molar-refractivity contribution in [2.75, 3.05) is 0 Å². The van der Waals surface area contributed by atoms with Gasteiger partial charge in [-0.1, -0.05) is 35.0 Å². The van der Waals surface area contributed by atoms with Crippen LogP contribution in [0, 0.1) is 13.8 Å². The molecular formula is C15H18Br2N2O. The van der Waals surface area contributed by atoms with Crippen molar-refractivity contribution in [3.8, 4) is 0 Å². The van der Waals surface area contributed by atoms with Crippen molar-refractivity contribution in [3.05, 3.63) is 49.7 Å². The summed E-state index contributed by atoms with van der Waals surface area (Å²) in [7, 11) is 0. The molecule has 1 aromatic carbocycles. The van der Waals surface area contributed by atoms with Gasteiger partial charge in [0, 0.05) is 11.0 Å². The Morgan fingerprint density at radius 3 is 2.40 bits per heavy atom. The van der Waals surface area contributed by atoms with E-state index < -0.39 is 6.10 Å². The maximum absolute atomic E-state index is 10.7. The highest BCUT2D eigenvalue weighted by Crippen LogP contribution is 2.32. The zero-order valence-corrected chi connectivity index (χ0v) is 15.0. The summed E-state index contributed by atoms with van der Waals surface area (Å²) < 4.78 is 3.80. The molecule has 108 valence electrons. The second-order valence-corrected chi connectivity index (χ2v) is 6.62. The van der Waals surface area contributed by atoms with E-state index in [1.165, 1.54) is 0 Å². The Kier molecular flexibility index (Phi) is 5.04. The van der Waals surface area contributed by atoms with E-state index in [1.54, 1.807) is 6.20 Å². The van der Waals surface area contributed by atoms with Gasteiger partial charge in [-0.15, -0.1) is 0 Å². The van der Waals surface area contributed by atoms with Gasteiger partial charge in [-0.3, -0.25) is 4.68 Å². The lowest BCUT2D eigenvalue weighted by Gasteiger charge is -2.16. The molecule has 0 saturated heterocycles. The molecule has 0 saturated carbocycles. The van der Waals surface area contributed by atoms with Crippen LogP contribution in [0.3, 0.4) is 0 Å². The molecule has 0 fully saturated rings. The first kappa shape index (κ1) is 15.7. The fraction of sp³-hybridized carbons (Fsp3) is 0.400. The van der Waals surface area contributed by atoms with Crippen molar-refractivity contribution in [3.63, 3.8) is 0 Å². The molecule has 5 heteroatoms. The number of aryl methyl sites for hydroxylation is 3. The molecule has 1 N–H and O–H groups in total. The van der Waals surface area contributed by atoms with Gasteiger partial charge in [-0.2, -0.15) is 5.10 Å². The lowest BCUT2D eigenvalue weighted by molar-refractivity contribution is 0.206. The molecule has 0 bridgehead atoms. The van der Waals surface area contributed by atoms with E-state index in [0.717, 1.165) is 44.3 Å². The van der Waals surface area contributed by atoms with Gasteiger partial charge in [0.05, 0.1) is 16.4 Å². The lowest BCUT2D eigenvalue weighted by Crippen LogP contribution is -2.11. The first-order chi connectivity index (χ1) is 9.45. The maximum atomic E-state index is 10.7. The van der Waals surface area contributed by atoms with Crippen LogP contribution in [-0.4, -0.2) is 14.9 Å². The first-order valence-corrected chi connectivity index (χ1v) is 8.20. The topological polar surface area (TPSA) is 38.0 Å². The molecule has 0 aliphatic carbocycles. The predicted octanol–water partition coefficient (Wildman–Crippen LogP) is 4.52. The van der Waals surface area contributed by atoms with Gasteiger partial charge in [-0.05, 0) is 52.9 Å². The summed E-state index contributed by atoms with van der Waals surface area (Å²) in [5.74, 6) is 0. The standard InChI is InChI=1S/C15H18Br2N2O/c1-4-5-19-14(12(16)8-18-19)15(20)11-6-9(2)13(17)10(3)7-11/h6-8,15,20H,4-5H2,1-3H3. The number of halogens is 2. The molecule has 1 heterocycles. The van der Waals surface area contributed by atoms with Gasteiger partial charge in [0.1, 0.15) is 6.10 Å². The minimum Gasteiger partial charge on any atom is -0.382 e. The Bertz CT molecular complexity index is 599. The SMILES string of the molecule is CCCn1ncc(Br)c1C(O)c1cc(C)c(Br)c(C)c1. The van der Waals surface area contributed by atoms with Crippen LogP contribution in [0.25, 0.3) is 0 Å². The normalized spacial score (nSPS) is 12.7. The fourth-order valence-corrected chi connectivity index (χ4v) is 3.07. The molecule has 0 spiro atoms. The fourth-order valence-electron chi connectivity index (χ4n) is 2.33. The third-order valence-electron chi connectivity index (χ3n) is 3.30. The van der Waals surface area contributed by atoms with Crippen LogP contribution in [-0.2, 0) is 6.54 Å². The number of hydrogen-bond acceptors (Lipinski definition) is 2. The summed E-state index contributed by atoms with van der Waals surface area (Å²) in [6, 6.07) is 4.02. The van der Waals surface area contributed by atoms with Crippen LogP contribution in [0.15, 0.2) is 27.3 Å². The molecule has 0 amide bonds. The molecule has 0 radical (unpaired) electrons. The Morgan fingerprint density at radius 2 is 1.85 bits per heavy atom. The zero-order valence-electron chi connectivity index (χ0n) is 11.8. The van der Waals surface area contributed by atoms with E-state index in [4.69, 9.17) is 0 Å². The third kappa shape index (κ3) is 3.00. The summed E-state index contributed by atoms with van der Waals surface area (Å²) in [5, 5.41) is 15.0. The number of nitrogens with zero attached hydrogens (tertiary/aromatic N) is 2. The van der Waals surface area contributed by atoms with Gasteiger partial charge in [0.25, 0.3) is 0 Å². The number of aliphatic hydroxyl groups excluding tert-OH is 1. The molecule has 0 aliphatic heterocycles. The first-order valence-electron chi connectivity index (χ1n) is 6.61. The molecule has 1 unspecified atom stereocenters. The van der Waals surface area contributed by atoms with Gasteiger partial charge in [0.15, 0.2) is 0 Å². The summed E-state index contributed by atoms with van der Waals surface area (Å²) in [6.07, 6.45) is 2.04. The summed E-state index contributed by atoms with van der Waals surface area (Å²) in [5.41, 5.74) is 3.95. The van der Waals surface area contributed by atoms with E-state index in [0.29, 0.717) is 0 Å². The number of aliphatic hydroxyl groups is 1. The highest BCUT2D eigenvalue weighted by molar-refractivity contribution is 9.10. The van der Waals surface area contributed by atoms with Crippen molar-refractivity contribution < 1.29 is 5.11 Å². The van der Waals surface area contributed by atoms with Crippen molar-refractivity contribution in [2.45, 2.75) is 39.8 Å². The monoisotopic (exact) mass is 400 g/mol. The molecule has 3 nitrogen and oxygen atoms in total. The van der Waals surface area contributed by atoms with Crippen LogP contribution in [0.5, 0.6) is 0 Å². The van der Waals surface area contributed by atoms with Crippen molar-refractivity contribution in [2.24, 2.45) is 0 Å². The molecule has 1 atom stereocenters. The highest BCUT2D eigenvalue weighted by Gasteiger charge is 2.20. The van der Waals surface area contributed by atoms with E-state index in [-0.39, 0.29) is 0 Å². The zero-order chi connectivity index (χ0) is 14.9. The van der Waals surface area contributed by atoms with Gasteiger partial charge >= 0.3 is 0 Å². The maximum Gasteiger partial charge on any atom is 0.122 e. The van der Waals surface area contributed by atoms with Gasteiger partial charge in [0.2, 0.25) is 0 Å². The van der Waals surface area contributed by atoms with Crippen molar-refractivity contribution >= 4 is 31.9 Å². The van der Waals surface area contributed by atoms with Crippen LogP contribution >= 0.6 is 31.9 Å². The quantitative estimate of drug-likeness (QED) is 0.817. The average Bonchev–Trinajstić information content (AvgIpc) is 2.76.